The largest absolute Gasteiger partial charge is 0.421 e. The Morgan fingerprint density at radius 1 is 0.909 bits per heavy atom. The highest BCUT2D eigenvalue weighted by atomic mass is 19.4. The highest BCUT2D eigenvalue weighted by molar-refractivity contribution is 5.94. The summed E-state index contributed by atoms with van der Waals surface area (Å²) in [6.07, 6.45) is -4.38. The molecule has 33 heavy (non-hydrogen) atoms. The van der Waals surface area contributed by atoms with E-state index in [4.69, 9.17) is 4.42 Å². The Balaban J connectivity index is 1.45. The summed E-state index contributed by atoms with van der Waals surface area (Å²) in [5, 5.41) is 10.6. The Morgan fingerprint density at radius 2 is 1.58 bits per heavy atom. The van der Waals surface area contributed by atoms with Gasteiger partial charge in [-0.25, -0.2) is 0 Å². The summed E-state index contributed by atoms with van der Waals surface area (Å²) in [4.78, 5) is 12.5. The van der Waals surface area contributed by atoms with Gasteiger partial charge in [-0.05, 0) is 65.6 Å². The number of nitrogens with one attached hydrogen (secondary N) is 1. The predicted molar refractivity (Wildman–Crippen MR) is 117 cm³/mol. The molecule has 0 aliphatic carbocycles. The van der Waals surface area contributed by atoms with Crippen molar-refractivity contribution in [1.82, 2.24) is 15.5 Å². The third-order valence-electron chi connectivity index (χ3n) is 5.20. The van der Waals surface area contributed by atoms with E-state index in [-0.39, 0.29) is 12.5 Å². The van der Waals surface area contributed by atoms with Gasteiger partial charge in [0.05, 0.1) is 5.56 Å². The van der Waals surface area contributed by atoms with E-state index in [1.165, 1.54) is 12.1 Å². The van der Waals surface area contributed by atoms with Gasteiger partial charge in [0.15, 0.2) is 0 Å². The number of carbonyl (C=O) groups excluding carboxylic acids is 1. The average molecular weight is 451 g/mol. The first-order chi connectivity index (χ1) is 15.7. The molecule has 0 bridgehead atoms. The van der Waals surface area contributed by atoms with E-state index in [0.717, 1.165) is 34.4 Å². The number of carbonyl (C=O) groups is 1. The third kappa shape index (κ3) is 5.11. The molecule has 4 rings (SSSR count). The van der Waals surface area contributed by atoms with E-state index < -0.39 is 11.7 Å². The second-order valence-corrected chi connectivity index (χ2v) is 7.61. The third-order valence-corrected chi connectivity index (χ3v) is 5.20. The van der Waals surface area contributed by atoms with Gasteiger partial charge in [-0.15, -0.1) is 10.2 Å². The molecule has 0 aliphatic heterocycles. The van der Waals surface area contributed by atoms with Crippen LogP contribution in [-0.2, 0) is 12.7 Å². The van der Waals surface area contributed by atoms with Gasteiger partial charge in [0.2, 0.25) is 11.8 Å². The van der Waals surface area contributed by atoms with Crippen LogP contribution >= 0.6 is 0 Å². The second kappa shape index (κ2) is 8.90. The minimum Gasteiger partial charge on any atom is -0.421 e. The number of benzene rings is 3. The van der Waals surface area contributed by atoms with Crippen LogP contribution in [0.3, 0.4) is 0 Å². The van der Waals surface area contributed by atoms with Crippen molar-refractivity contribution in [3.8, 4) is 22.6 Å². The van der Waals surface area contributed by atoms with E-state index in [2.05, 4.69) is 15.5 Å². The van der Waals surface area contributed by atoms with Crippen molar-refractivity contribution < 1.29 is 22.4 Å². The molecule has 0 radical (unpaired) electrons. The Morgan fingerprint density at radius 3 is 2.18 bits per heavy atom. The molecule has 5 nitrogen and oxygen atoms in total. The van der Waals surface area contributed by atoms with Gasteiger partial charge in [-0.3, -0.25) is 4.79 Å². The molecule has 1 N–H and O–H groups in total. The zero-order valence-electron chi connectivity index (χ0n) is 17.9. The number of rotatable bonds is 5. The number of hydrogen-bond donors (Lipinski definition) is 1. The van der Waals surface area contributed by atoms with Crippen LogP contribution in [0.25, 0.3) is 22.6 Å². The van der Waals surface area contributed by atoms with E-state index in [0.29, 0.717) is 22.9 Å². The molecule has 0 saturated heterocycles. The van der Waals surface area contributed by atoms with Crippen LogP contribution in [-0.4, -0.2) is 16.1 Å². The van der Waals surface area contributed by atoms with Crippen LogP contribution in [0, 0.1) is 13.8 Å². The van der Waals surface area contributed by atoms with Crippen LogP contribution in [0.4, 0.5) is 13.2 Å². The first kappa shape index (κ1) is 22.3. The van der Waals surface area contributed by atoms with E-state index in [1.807, 2.05) is 37.3 Å². The first-order valence-electron chi connectivity index (χ1n) is 10.2. The molecule has 0 unspecified atom stereocenters. The van der Waals surface area contributed by atoms with Crippen molar-refractivity contribution in [2.45, 2.75) is 26.6 Å². The van der Waals surface area contributed by atoms with Crippen LogP contribution in [0.15, 0.2) is 71.1 Å². The number of aromatic nitrogens is 2. The Bertz CT molecular complexity index is 1280. The first-order valence-corrected chi connectivity index (χ1v) is 10.2. The van der Waals surface area contributed by atoms with Gasteiger partial charge in [0.25, 0.3) is 5.91 Å². The smallest absolute Gasteiger partial charge is 0.416 e. The zero-order chi connectivity index (χ0) is 23.6. The van der Waals surface area contributed by atoms with Crippen LogP contribution in [0.5, 0.6) is 0 Å². The molecular weight excluding hydrogens is 431 g/mol. The number of amides is 1. The fraction of sp³-hybridized carbons (Fsp3) is 0.160. The molecule has 3 aromatic carbocycles. The molecule has 0 saturated carbocycles. The van der Waals surface area contributed by atoms with Crippen LogP contribution < -0.4 is 5.32 Å². The maximum Gasteiger partial charge on any atom is 0.416 e. The van der Waals surface area contributed by atoms with Crippen LogP contribution in [0.1, 0.15) is 32.9 Å². The molecule has 1 aromatic heterocycles. The summed E-state index contributed by atoms with van der Waals surface area (Å²) >= 11 is 0. The lowest BCUT2D eigenvalue weighted by Crippen LogP contribution is -2.22. The van der Waals surface area contributed by atoms with Crippen molar-refractivity contribution >= 4 is 5.91 Å². The summed E-state index contributed by atoms with van der Waals surface area (Å²) in [6, 6.07) is 17.7. The molecule has 1 heterocycles. The minimum absolute atomic E-state index is 0.128. The van der Waals surface area contributed by atoms with Gasteiger partial charge >= 0.3 is 6.18 Å². The summed E-state index contributed by atoms with van der Waals surface area (Å²) in [5.74, 6) is 0.611. The molecule has 4 aromatic rings. The summed E-state index contributed by atoms with van der Waals surface area (Å²) in [6.45, 7) is 3.85. The number of halogens is 3. The van der Waals surface area contributed by atoms with Crippen molar-refractivity contribution in [2.24, 2.45) is 0 Å². The summed E-state index contributed by atoms with van der Waals surface area (Å²) < 4.78 is 43.5. The lowest BCUT2D eigenvalue weighted by Gasteiger charge is -2.10. The standard InChI is InChI=1S/C25H20F3N3O2/c1-15-3-6-20(24-31-30-16(2)33-24)13-22(15)18-7-9-19(10-8-18)23(32)29-14-17-4-11-21(12-5-17)25(26,27)28/h3-13H,14H2,1-2H3,(H,29,32). The normalized spacial score (nSPS) is 11.4. The van der Waals surface area contributed by atoms with Gasteiger partial charge in [0, 0.05) is 24.6 Å². The molecular formula is C25H20F3N3O2. The summed E-state index contributed by atoms with van der Waals surface area (Å²) in [5.41, 5.74) is 4.06. The van der Waals surface area contributed by atoms with Crippen LogP contribution in [0.2, 0.25) is 0 Å². The molecule has 0 spiro atoms. The zero-order valence-corrected chi connectivity index (χ0v) is 17.9. The van der Waals surface area contributed by atoms with Crippen molar-refractivity contribution in [3.05, 3.63) is 94.9 Å². The number of aryl methyl sites for hydroxylation is 2. The second-order valence-electron chi connectivity index (χ2n) is 7.61. The van der Waals surface area contributed by atoms with Gasteiger partial charge < -0.3 is 9.73 Å². The predicted octanol–water partition coefficient (Wildman–Crippen LogP) is 5.97. The quantitative estimate of drug-likeness (QED) is 0.406. The van der Waals surface area contributed by atoms with Crippen molar-refractivity contribution in [2.75, 3.05) is 0 Å². The maximum atomic E-state index is 12.7. The molecule has 0 aliphatic rings. The SMILES string of the molecule is Cc1nnc(-c2ccc(C)c(-c3ccc(C(=O)NCc4ccc(C(F)(F)F)cc4)cc3)c2)o1. The van der Waals surface area contributed by atoms with E-state index in [1.54, 1.807) is 19.1 Å². The highest BCUT2D eigenvalue weighted by Crippen LogP contribution is 2.30. The van der Waals surface area contributed by atoms with Gasteiger partial charge in [-0.2, -0.15) is 13.2 Å². The average Bonchev–Trinajstić information content (AvgIpc) is 3.24. The van der Waals surface area contributed by atoms with E-state index >= 15 is 0 Å². The molecule has 1 amide bonds. The minimum atomic E-state index is -4.38. The summed E-state index contributed by atoms with van der Waals surface area (Å²) in [7, 11) is 0. The Hall–Kier alpha value is -3.94. The van der Waals surface area contributed by atoms with Gasteiger partial charge in [0.1, 0.15) is 0 Å². The fourth-order valence-corrected chi connectivity index (χ4v) is 3.38. The highest BCUT2D eigenvalue weighted by Gasteiger charge is 2.29. The van der Waals surface area contributed by atoms with E-state index in [9.17, 15) is 18.0 Å². The number of alkyl halides is 3. The van der Waals surface area contributed by atoms with Gasteiger partial charge in [-0.1, -0.05) is 30.3 Å². The lowest BCUT2D eigenvalue weighted by atomic mass is 9.97. The topological polar surface area (TPSA) is 68.0 Å². The Kier molecular flexibility index (Phi) is 6.00. The lowest BCUT2D eigenvalue weighted by molar-refractivity contribution is -0.137. The number of hydrogen-bond acceptors (Lipinski definition) is 4. The van der Waals surface area contributed by atoms with Crippen molar-refractivity contribution in [1.29, 1.82) is 0 Å². The fourth-order valence-electron chi connectivity index (χ4n) is 3.38. The monoisotopic (exact) mass is 451 g/mol. The molecule has 168 valence electrons. The Labute approximate surface area is 188 Å². The maximum absolute atomic E-state index is 12.7. The molecule has 0 fully saturated rings. The molecule has 8 heteroatoms. The molecule has 0 atom stereocenters. The van der Waals surface area contributed by atoms with Crippen molar-refractivity contribution in [3.63, 3.8) is 0 Å². The number of nitrogens with zero attached hydrogens (tertiary/aromatic N) is 2.